The molecule has 0 spiro atoms. The van der Waals surface area contributed by atoms with Crippen LogP contribution in [0.5, 0.6) is 5.75 Å². The lowest BCUT2D eigenvalue weighted by Gasteiger charge is -2.61. The van der Waals surface area contributed by atoms with Crippen molar-refractivity contribution in [2.24, 2.45) is 22.7 Å². The zero-order valence-electron chi connectivity index (χ0n) is 22.2. The number of ether oxygens (including phenoxy) is 1. The smallest absolute Gasteiger partial charge is 0.342 e. The highest BCUT2D eigenvalue weighted by atomic mass is 16.5. The molecule has 1 unspecified atom stereocenters. The van der Waals surface area contributed by atoms with Crippen molar-refractivity contribution in [2.75, 3.05) is 0 Å². The molecule has 2 fully saturated rings. The van der Waals surface area contributed by atoms with Gasteiger partial charge in [-0.25, -0.2) is 4.79 Å². The van der Waals surface area contributed by atoms with Crippen molar-refractivity contribution < 1.29 is 24.2 Å². The van der Waals surface area contributed by atoms with Crippen LogP contribution in [0.15, 0.2) is 33.5 Å². The van der Waals surface area contributed by atoms with Crippen molar-refractivity contribution in [1.82, 2.24) is 0 Å². The molecular formula is C29H42O6. The van der Waals surface area contributed by atoms with Crippen LogP contribution in [0.1, 0.15) is 83.1 Å². The van der Waals surface area contributed by atoms with Crippen molar-refractivity contribution in [2.45, 2.75) is 98.7 Å². The van der Waals surface area contributed by atoms with E-state index in [1.165, 1.54) is 6.92 Å². The van der Waals surface area contributed by atoms with E-state index in [2.05, 4.69) is 27.0 Å². The van der Waals surface area contributed by atoms with Crippen molar-refractivity contribution >= 4 is 5.97 Å². The standard InChI is InChI=1S/C29H42O6/c1-16(2)23(31)11-13-29(8)24-10-9-17(3)22(28(24,7)14-12-25(29)35-20(6)30)15-21-26(32)18(4)19(5)34-27(21)33/h22-25,31-32H,1,3,9-15H2,2,4-8H3/t22-,23?,24-,25+,28-,29+/m1/s1. The van der Waals surface area contributed by atoms with Gasteiger partial charge in [-0.05, 0) is 83.0 Å². The van der Waals surface area contributed by atoms with Crippen LogP contribution in [-0.2, 0) is 16.0 Å². The minimum atomic E-state index is -0.607. The molecule has 0 aromatic carbocycles. The van der Waals surface area contributed by atoms with Gasteiger partial charge in [0.15, 0.2) is 0 Å². The number of carbonyl (C=O) groups excluding carboxylic acids is 1. The summed E-state index contributed by atoms with van der Waals surface area (Å²) in [5.41, 5.74) is 1.63. The van der Waals surface area contributed by atoms with E-state index in [0.29, 0.717) is 42.6 Å². The first-order valence-electron chi connectivity index (χ1n) is 12.7. The Kier molecular flexibility index (Phi) is 7.76. The van der Waals surface area contributed by atoms with Crippen LogP contribution < -0.4 is 5.63 Å². The number of hydrogen-bond donors (Lipinski definition) is 2. The van der Waals surface area contributed by atoms with Gasteiger partial charge in [-0.2, -0.15) is 0 Å². The lowest BCUT2D eigenvalue weighted by atomic mass is 9.45. The highest BCUT2D eigenvalue weighted by Crippen LogP contribution is 2.63. The first-order valence-corrected chi connectivity index (χ1v) is 12.7. The van der Waals surface area contributed by atoms with E-state index in [-0.39, 0.29) is 40.5 Å². The van der Waals surface area contributed by atoms with Gasteiger partial charge >= 0.3 is 11.6 Å². The Balaban J connectivity index is 2.02. The first kappa shape index (κ1) is 27.3. The monoisotopic (exact) mass is 486 g/mol. The minimum absolute atomic E-state index is 0.0122. The minimum Gasteiger partial charge on any atom is -0.507 e. The molecule has 6 nitrogen and oxygen atoms in total. The van der Waals surface area contributed by atoms with Crippen LogP contribution in [0, 0.1) is 36.5 Å². The molecule has 0 amide bonds. The van der Waals surface area contributed by atoms with E-state index in [0.717, 1.165) is 30.4 Å². The van der Waals surface area contributed by atoms with Gasteiger partial charge in [0.25, 0.3) is 0 Å². The van der Waals surface area contributed by atoms with E-state index < -0.39 is 11.7 Å². The maximum Gasteiger partial charge on any atom is 0.342 e. The SMILES string of the molecule is C=C(C)C(O)CC[C@@]1(C)[C@@H]2CCC(=C)[C@@H](Cc3c(O)c(C)c(C)oc3=O)[C@@]2(C)CC[C@@H]1OC(C)=O. The van der Waals surface area contributed by atoms with Crippen LogP contribution in [-0.4, -0.2) is 28.4 Å². The lowest BCUT2D eigenvalue weighted by Crippen LogP contribution is -2.57. The molecular weight excluding hydrogens is 444 g/mol. The summed E-state index contributed by atoms with van der Waals surface area (Å²) in [4.78, 5) is 24.8. The highest BCUT2D eigenvalue weighted by molar-refractivity contribution is 5.66. The Labute approximate surface area is 209 Å². The number of fused-ring (bicyclic) bond motifs is 1. The summed E-state index contributed by atoms with van der Waals surface area (Å²) in [6, 6.07) is 0. The van der Waals surface area contributed by atoms with Crippen molar-refractivity contribution in [1.29, 1.82) is 0 Å². The number of allylic oxidation sites excluding steroid dienone is 1. The number of aliphatic hydroxyl groups is 1. The number of hydrogen-bond acceptors (Lipinski definition) is 6. The molecule has 1 aromatic heterocycles. The van der Waals surface area contributed by atoms with Gasteiger partial charge in [-0.1, -0.05) is 38.2 Å². The van der Waals surface area contributed by atoms with Gasteiger partial charge < -0.3 is 19.4 Å². The van der Waals surface area contributed by atoms with Gasteiger partial charge in [0.2, 0.25) is 0 Å². The molecule has 194 valence electrons. The maximum absolute atomic E-state index is 12.7. The fourth-order valence-corrected chi connectivity index (χ4v) is 6.92. The number of esters is 1. The first-order chi connectivity index (χ1) is 16.2. The molecule has 2 aliphatic carbocycles. The molecule has 0 aliphatic heterocycles. The van der Waals surface area contributed by atoms with E-state index in [1.54, 1.807) is 13.8 Å². The summed E-state index contributed by atoms with van der Waals surface area (Å²) in [5, 5.41) is 21.3. The average Bonchev–Trinajstić information content (AvgIpc) is 2.77. The Morgan fingerprint density at radius 1 is 1.26 bits per heavy atom. The van der Waals surface area contributed by atoms with Gasteiger partial charge in [0.1, 0.15) is 17.6 Å². The molecule has 6 atom stereocenters. The number of carbonyl (C=O) groups is 1. The third-order valence-corrected chi connectivity index (χ3v) is 9.22. The predicted octanol–water partition coefficient (Wildman–Crippen LogP) is 5.54. The van der Waals surface area contributed by atoms with Crippen LogP contribution in [0.25, 0.3) is 0 Å². The van der Waals surface area contributed by atoms with Gasteiger partial charge in [-0.15, -0.1) is 0 Å². The molecule has 2 aliphatic rings. The normalized spacial score (nSPS) is 31.5. The summed E-state index contributed by atoms with van der Waals surface area (Å²) in [5.74, 6) is 0.300. The van der Waals surface area contributed by atoms with E-state index in [1.807, 2.05) is 6.92 Å². The number of rotatable bonds is 7. The number of aryl methyl sites for hydroxylation is 1. The van der Waals surface area contributed by atoms with E-state index in [4.69, 9.17) is 9.15 Å². The zero-order valence-corrected chi connectivity index (χ0v) is 22.2. The maximum atomic E-state index is 12.7. The Hall–Kier alpha value is -2.34. The quantitative estimate of drug-likeness (QED) is 0.388. The highest BCUT2D eigenvalue weighted by Gasteiger charge is 2.59. The summed E-state index contributed by atoms with van der Waals surface area (Å²) < 4.78 is 11.3. The van der Waals surface area contributed by atoms with Gasteiger partial charge in [0, 0.05) is 17.9 Å². The average molecular weight is 487 g/mol. The number of aliphatic hydroxyl groups excluding tert-OH is 1. The Morgan fingerprint density at radius 3 is 2.51 bits per heavy atom. The van der Waals surface area contributed by atoms with Crippen LogP contribution in [0.2, 0.25) is 0 Å². The molecule has 1 heterocycles. The van der Waals surface area contributed by atoms with Crippen LogP contribution >= 0.6 is 0 Å². The fourth-order valence-electron chi connectivity index (χ4n) is 6.92. The molecule has 2 N–H and O–H groups in total. The molecule has 0 radical (unpaired) electrons. The lowest BCUT2D eigenvalue weighted by molar-refractivity contribution is -0.179. The van der Waals surface area contributed by atoms with Crippen molar-refractivity contribution in [3.63, 3.8) is 0 Å². The Bertz CT molecular complexity index is 1070. The topological polar surface area (TPSA) is 97.0 Å². The van der Waals surface area contributed by atoms with Crippen molar-refractivity contribution in [3.8, 4) is 5.75 Å². The number of aromatic hydroxyl groups is 1. The molecule has 6 heteroatoms. The third-order valence-electron chi connectivity index (χ3n) is 9.22. The molecule has 3 rings (SSSR count). The summed E-state index contributed by atoms with van der Waals surface area (Å²) in [7, 11) is 0. The molecule has 2 saturated carbocycles. The van der Waals surface area contributed by atoms with Crippen LogP contribution in [0.4, 0.5) is 0 Å². The van der Waals surface area contributed by atoms with Gasteiger partial charge in [-0.3, -0.25) is 4.79 Å². The molecule has 35 heavy (non-hydrogen) atoms. The predicted molar refractivity (Wildman–Crippen MR) is 136 cm³/mol. The second kappa shape index (κ2) is 9.96. The molecule has 0 bridgehead atoms. The van der Waals surface area contributed by atoms with Gasteiger partial charge in [0.05, 0.1) is 11.7 Å². The fraction of sp³-hybridized carbons (Fsp3) is 0.655. The molecule has 1 aromatic rings. The van der Waals surface area contributed by atoms with Crippen LogP contribution in [0.3, 0.4) is 0 Å². The summed E-state index contributed by atoms with van der Waals surface area (Å²) in [6.07, 6.45) is 3.96. The Morgan fingerprint density at radius 2 is 1.91 bits per heavy atom. The van der Waals surface area contributed by atoms with E-state index in [9.17, 15) is 19.8 Å². The second-order valence-corrected chi connectivity index (χ2v) is 11.5. The zero-order chi connectivity index (χ0) is 26.3. The summed E-state index contributed by atoms with van der Waals surface area (Å²) in [6.45, 7) is 19.4. The largest absolute Gasteiger partial charge is 0.507 e. The van der Waals surface area contributed by atoms with Crippen molar-refractivity contribution in [3.05, 3.63) is 51.6 Å². The molecule has 0 saturated heterocycles. The third kappa shape index (κ3) is 5.00. The van der Waals surface area contributed by atoms with E-state index >= 15 is 0 Å². The summed E-state index contributed by atoms with van der Waals surface area (Å²) >= 11 is 0. The second-order valence-electron chi connectivity index (χ2n) is 11.5.